The van der Waals surface area contributed by atoms with Gasteiger partial charge in [-0.05, 0) is 24.5 Å². The summed E-state index contributed by atoms with van der Waals surface area (Å²) in [6, 6.07) is 9.57. The Labute approximate surface area is 189 Å². The third kappa shape index (κ3) is 4.35. The van der Waals surface area contributed by atoms with Crippen molar-refractivity contribution in [1.29, 1.82) is 0 Å². The van der Waals surface area contributed by atoms with Crippen molar-refractivity contribution in [2.75, 3.05) is 34.0 Å². The average Bonchev–Trinajstić information content (AvgIpc) is 3.49. The Morgan fingerprint density at radius 3 is 2.76 bits per heavy atom. The fourth-order valence-electron chi connectivity index (χ4n) is 3.73. The van der Waals surface area contributed by atoms with Crippen LogP contribution < -0.4 is 4.74 Å². The van der Waals surface area contributed by atoms with Gasteiger partial charge in [-0.15, -0.1) is 15.3 Å². The largest absolute Gasteiger partial charge is 0.470 e. The summed E-state index contributed by atoms with van der Waals surface area (Å²) >= 11 is 0. The number of benzene rings is 1. The van der Waals surface area contributed by atoms with Gasteiger partial charge in [-0.25, -0.2) is 0 Å². The lowest BCUT2D eigenvalue weighted by molar-refractivity contribution is 0.156. The zero-order valence-corrected chi connectivity index (χ0v) is 18.5. The van der Waals surface area contributed by atoms with Gasteiger partial charge in [0.1, 0.15) is 13.2 Å². The van der Waals surface area contributed by atoms with Gasteiger partial charge < -0.3 is 18.7 Å². The molecule has 170 valence electrons. The molecule has 1 atom stereocenters. The number of aromatic nitrogens is 5. The monoisotopic (exact) mass is 448 g/mol. The molecule has 4 aromatic rings. The molecule has 1 aliphatic rings. The number of aliphatic imine (C=N–C) groups is 1. The molecule has 0 radical (unpaired) electrons. The number of hydrogen-bond acceptors (Lipinski definition) is 9. The van der Waals surface area contributed by atoms with E-state index in [1.165, 1.54) is 0 Å². The summed E-state index contributed by atoms with van der Waals surface area (Å²) in [5, 5.41) is 19.1. The maximum absolute atomic E-state index is 6.13. The lowest BCUT2D eigenvalue weighted by Crippen LogP contribution is -2.18. The van der Waals surface area contributed by atoms with Crippen molar-refractivity contribution >= 4 is 22.1 Å². The van der Waals surface area contributed by atoms with E-state index in [0.29, 0.717) is 47.9 Å². The number of rotatable bonds is 9. The summed E-state index contributed by atoms with van der Waals surface area (Å²) in [6.07, 6.45) is 5.14. The fourth-order valence-corrected chi connectivity index (χ4v) is 3.73. The van der Waals surface area contributed by atoms with E-state index in [4.69, 9.17) is 23.8 Å². The molecular formula is C23H24N6O4. The molecule has 1 aliphatic heterocycles. The van der Waals surface area contributed by atoms with Crippen molar-refractivity contribution in [2.24, 2.45) is 10.9 Å². The first-order valence-electron chi connectivity index (χ1n) is 10.7. The van der Waals surface area contributed by atoms with Gasteiger partial charge in [0.05, 0.1) is 5.71 Å². The van der Waals surface area contributed by atoms with Crippen LogP contribution in [0.5, 0.6) is 5.88 Å². The van der Waals surface area contributed by atoms with Crippen LogP contribution in [0.25, 0.3) is 27.9 Å². The lowest BCUT2D eigenvalue weighted by Gasteiger charge is -2.16. The summed E-state index contributed by atoms with van der Waals surface area (Å²) in [7, 11) is 3.31. The van der Waals surface area contributed by atoms with Crippen molar-refractivity contribution in [1.82, 2.24) is 25.0 Å². The first-order chi connectivity index (χ1) is 16.3. The highest BCUT2D eigenvalue weighted by Crippen LogP contribution is 2.29. The van der Waals surface area contributed by atoms with E-state index in [0.717, 1.165) is 36.1 Å². The second kappa shape index (κ2) is 9.47. The van der Waals surface area contributed by atoms with E-state index < -0.39 is 0 Å². The Morgan fingerprint density at radius 2 is 1.97 bits per heavy atom. The SMILES string of the molecule is COCCC1C=CC(COc2nn3c(-c4cc(COC)on4)nnc3c3ccccc23)=NC1. The predicted molar refractivity (Wildman–Crippen MR) is 121 cm³/mol. The van der Waals surface area contributed by atoms with Gasteiger partial charge in [0, 0.05) is 44.2 Å². The molecule has 0 bridgehead atoms. The summed E-state index contributed by atoms with van der Waals surface area (Å²) in [6.45, 7) is 2.09. The predicted octanol–water partition coefficient (Wildman–Crippen LogP) is 3.12. The molecule has 10 nitrogen and oxygen atoms in total. The molecule has 0 saturated carbocycles. The number of fused-ring (bicyclic) bond motifs is 3. The van der Waals surface area contributed by atoms with Gasteiger partial charge in [0.15, 0.2) is 17.1 Å². The highest BCUT2D eigenvalue weighted by atomic mass is 16.5. The zero-order valence-electron chi connectivity index (χ0n) is 18.5. The second-order valence-corrected chi connectivity index (χ2v) is 7.74. The smallest absolute Gasteiger partial charge is 0.240 e. The van der Waals surface area contributed by atoms with Crippen LogP contribution in [0.2, 0.25) is 0 Å². The minimum absolute atomic E-state index is 0.315. The lowest BCUT2D eigenvalue weighted by atomic mass is 10.0. The molecule has 4 heterocycles. The third-order valence-electron chi connectivity index (χ3n) is 5.44. The van der Waals surface area contributed by atoms with Crippen molar-refractivity contribution in [2.45, 2.75) is 13.0 Å². The molecule has 0 saturated heterocycles. The summed E-state index contributed by atoms with van der Waals surface area (Å²) in [5.41, 5.74) is 2.00. The fraction of sp³-hybridized carbons (Fsp3) is 0.348. The Morgan fingerprint density at radius 1 is 1.09 bits per heavy atom. The van der Waals surface area contributed by atoms with Crippen LogP contribution in [-0.2, 0) is 16.1 Å². The number of nitrogens with zero attached hydrogens (tertiary/aromatic N) is 6. The Bertz CT molecular complexity index is 1330. The normalized spacial score (nSPS) is 15.9. The average molecular weight is 448 g/mol. The summed E-state index contributed by atoms with van der Waals surface area (Å²) in [4.78, 5) is 4.65. The number of dihydropyridines is 1. The maximum atomic E-state index is 6.13. The van der Waals surface area contributed by atoms with E-state index in [2.05, 4.69) is 26.4 Å². The molecule has 5 rings (SSSR count). The number of methoxy groups -OCH3 is 2. The van der Waals surface area contributed by atoms with Crippen molar-refractivity contribution in [3.05, 3.63) is 48.2 Å². The Balaban J connectivity index is 1.44. The van der Waals surface area contributed by atoms with Gasteiger partial charge in [-0.1, -0.05) is 29.4 Å². The van der Waals surface area contributed by atoms with Crippen molar-refractivity contribution < 1.29 is 18.7 Å². The maximum Gasteiger partial charge on any atom is 0.240 e. The highest BCUT2D eigenvalue weighted by molar-refractivity contribution is 5.98. The molecule has 1 unspecified atom stereocenters. The summed E-state index contributed by atoms with van der Waals surface area (Å²) < 4.78 is 23.3. The van der Waals surface area contributed by atoms with E-state index in [1.54, 1.807) is 24.8 Å². The van der Waals surface area contributed by atoms with Gasteiger partial charge >= 0.3 is 0 Å². The van der Waals surface area contributed by atoms with E-state index in [-0.39, 0.29) is 0 Å². The van der Waals surface area contributed by atoms with Gasteiger partial charge in [0.25, 0.3) is 0 Å². The second-order valence-electron chi connectivity index (χ2n) is 7.74. The standard InChI is InChI=1S/C23H24N6O4/c1-30-10-9-15-7-8-16(24-12-15)13-32-23-19-6-4-3-5-18(19)21-25-26-22(29(21)27-23)20-11-17(14-31-2)33-28-20/h3-8,11,15H,9-10,12-14H2,1-2H3. The molecule has 0 fully saturated rings. The molecule has 0 amide bonds. The first kappa shape index (κ1) is 21.2. The van der Waals surface area contributed by atoms with E-state index in [9.17, 15) is 0 Å². The molecule has 0 aliphatic carbocycles. The summed E-state index contributed by atoms with van der Waals surface area (Å²) in [5.74, 6) is 1.92. The number of hydrogen-bond donors (Lipinski definition) is 0. The molecule has 1 aromatic carbocycles. The number of ether oxygens (including phenoxy) is 3. The third-order valence-corrected chi connectivity index (χ3v) is 5.44. The van der Waals surface area contributed by atoms with Crippen LogP contribution in [0.1, 0.15) is 12.2 Å². The van der Waals surface area contributed by atoms with Crippen LogP contribution in [0.15, 0.2) is 52.0 Å². The molecule has 3 aromatic heterocycles. The zero-order chi connectivity index (χ0) is 22.6. The quantitative estimate of drug-likeness (QED) is 0.384. The first-order valence-corrected chi connectivity index (χ1v) is 10.7. The van der Waals surface area contributed by atoms with Crippen LogP contribution >= 0.6 is 0 Å². The Hall–Kier alpha value is -3.63. The molecule has 0 N–H and O–H groups in total. The molecule has 33 heavy (non-hydrogen) atoms. The van der Waals surface area contributed by atoms with Crippen LogP contribution in [-0.4, -0.2) is 64.7 Å². The molecular weight excluding hydrogens is 424 g/mol. The van der Waals surface area contributed by atoms with Crippen molar-refractivity contribution in [3.8, 4) is 17.4 Å². The molecule has 0 spiro atoms. The minimum Gasteiger partial charge on any atom is -0.470 e. The molecule has 10 heteroatoms. The van der Waals surface area contributed by atoms with Crippen molar-refractivity contribution in [3.63, 3.8) is 0 Å². The van der Waals surface area contributed by atoms with Gasteiger partial charge in [0.2, 0.25) is 11.7 Å². The van der Waals surface area contributed by atoms with Crippen LogP contribution in [0, 0.1) is 5.92 Å². The van der Waals surface area contributed by atoms with Gasteiger partial charge in [-0.2, -0.15) is 4.52 Å². The van der Waals surface area contributed by atoms with E-state index >= 15 is 0 Å². The van der Waals surface area contributed by atoms with Crippen LogP contribution in [0.4, 0.5) is 0 Å². The highest BCUT2D eigenvalue weighted by Gasteiger charge is 2.19. The van der Waals surface area contributed by atoms with Crippen LogP contribution in [0.3, 0.4) is 0 Å². The Kier molecular flexibility index (Phi) is 6.09. The van der Waals surface area contributed by atoms with E-state index in [1.807, 2.05) is 30.3 Å². The topological polar surface area (TPSA) is 109 Å². The minimum atomic E-state index is 0.315. The van der Waals surface area contributed by atoms with Gasteiger partial charge in [-0.3, -0.25) is 4.99 Å².